The molecule has 5 nitrogen and oxygen atoms in total. The first kappa shape index (κ1) is 18.9. The van der Waals surface area contributed by atoms with Crippen molar-refractivity contribution >= 4 is 5.84 Å². The van der Waals surface area contributed by atoms with Crippen molar-refractivity contribution in [2.75, 3.05) is 6.54 Å². The smallest absolute Gasteiger partial charge is 0.230 e. The maximum Gasteiger partial charge on any atom is 0.230 e. The van der Waals surface area contributed by atoms with Gasteiger partial charge in [-0.1, -0.05) is 39.8 Å². The van der Waals surface area contributed by atoms with Gasteiger partial charge in [0, 0.05) is 12.2 Å². The number of amidine groups is 1. The van der Waals surface area contributed by atoms with Crippen molar-refractivity contribution in [3.8, 4) is 11.6 Å². The molecule has 1 aromatic heterocycles. The summed E-state index contributed by atoms with van der Waals surface area (Å²) in [5, 5.41) is 9.50. The summed E-state index contributed by atoms with van der Waals surface area (Å²) >= 11 is 0. The normalized spacial score (nSPS) is 11.9. The fraction of sp³-hybridized carbons (Fsp3) is 0.400. The number of ether oxygens (including phenoxy) is 1. The minimum Gasteiger partial charge on any atom is -0.438 e. The van der Waals surface area contributed by atoms with E-state index in [1.165, 1.54) is 5.56 Å². The molecule has 2 rings (SSSR count). The van der Waals surface area contributed by atoms with Gasteiger partial charge in [-0.3, -0.25) is 15.7 Å². The van der Waals surface area contributed by atoms with E-state index in [1.807, 2.05) is 37.3 Å². The Morgan fingerprint density at radius 1 is 1.20 bits per heavy atom. The highest BCUT2D eigenvalue weighted by molar-refractivity contribution is 6.00. The summed E-state index contributed by atoms with van der Waals surface area (Å²) in [6.45, 7) is 10.9. The molecule has 2 N–H and O–H groups in total. The average Bonchev–Trinajstić information content (AvgIpc) is 2.57. The summed E-state index contributed by atoms with van der Waals surface area (Å²) in [4.78, 5) is 8.91. The van der Waals surface area contributed by atoms with Gasteiger partial charge in [-0.05, 0) is 48.6 Å². The number of aryl methyl sites for hydroxylation is 1. The van der Waals surface area contributed by atoms with E-state index < -0.39 is 0 Å². The molecule has 0 bridgehead atoms. The Morgan fingerprint density at radius 3 is 2.60 bits per heavy atom. The third-order valence-corrected chi connectivity index (χ3v) is 3.71. The molecule has 0 saturated heterocycles. The lowest BCUT2D eigenvalue weighted by Crippen LogP contribution is -2.22. The van der Waals surface area contributed by atoms with Crippen molar-refractivity contribution in [3.63, 3.8) is 0 Å². The molecule has 0 unspecified atom stereocenters. The maximum absolute atomic E-state index is 9.50. The molecule has 5 heteroatoms. The summed E-state index contributed by atoms with van der Waals surface area (Å²) in [7, 11) is 0. The van der Waals surface area contributed by atoms with E-state index in [-0.39, 0.29) is 0 Å². The molecule has 0 saturated carbocycles. The molecule has 0 spiro atoms. The first-order valence-corrected chi connectivity index (χ1v) is 8.61. The number of pyridine rings is 1. The van der Waals surface area contributed by atoms with Crippen LogP contribution in [0.1, 0.15) is 50.4 Å². The van der Waals surface area contributed by atoms with E-state index in [9.17, 15) is 5.21 Å². The van der Waals surface area contributed by atoms with Crippen LogP contribution in [-0.2, 0) is 0 Å². The highest BCUT2D eigenvalue weighted by Crippen LogP contribution is 2.27. The molecular formula is C20H27N3O2. The maximum atomic E-state index is 9.50. The van der Waals surface area contributed by atoms with Crippen LogP contribution in [0.4, 0.5) is 0 Å². The first-order valence-electron chi connectivity index (χ1n) is 8.61. The minimum absolute atomic E-state index is 0.358. The van der Waals surface area contributed by atoms with E-state index in [0.29, 0.717) is 41.4 Å². The van der Waals surface area contributed by atoms with Crippen LogP contribution in [0.3, 0.4) is 0 Å². The van der Waals surface area contributed by atoms with Gasteiger partial charge in [0.1, 0.15) is 5.75 Å². The molecule has 0 amide bonds. The molecular weight excluding hydrogens is 314 g/mol. The Kier molecular flexibility index (Phi) is 6.53. The van der Waals surface area contributed by atoms with Crippen molar-refractivity contribution in [2.45, 2.75) is 40.5 Å². The quantitative estimate of drug-likeness (QED) is 0.454. The lowest BCUT2D eigenvalue weighted by Gasteiger charge is -2.14. The standard InChI is InChI=1S/C20H27N3O2/c1-13(2)12-21-19(23-24)18-10-9-15(5)22-20(18)25-17-8-6-7-16(11-17)14(3)4/h6-11,13-14,24H,12H2,1-5H3,(H,21,23). The summed E-state index contributed by atoms with van der Waals surface area (Å²) in [6, 6.07) is 11.7. The number of benzene rings is 1. The highest BCUT2D eigenvalue weighted by atomic mass is 16.5. The molecule has 0 radical (unpaired) electrons. The van der Waals surface area contributed by atoms with Crippen molar-refractivity contribution in [1.82, 2.24) is 10.5 Å². The SMILES string of the molecule is Cc1ccc(C(=NCC(C)C)NO)c(Oc2cccc(C(C)C)c2)n1. The largest absolute Gasteiger partial charge is 0.438 e. The number of hydrogen-bond donors (Lipinski definition) is 2. The van der Waals surface area contributed by atoms with E-state index >= 15 is 0 Å². The van der Waals surface area contributed by atoms with Gasteiger partial charge in [-0.25, -0.2) is 4.98 Å². The topological polar surface area (TPSA) is 66.7 Å². The van der Waals surface area contributed by atoms with Gasteiger partial charge < -0.3 is 4.74 Å². The number of hydroxylamine groups is 1. The summed E-state index contributed by atoms with van der Waals surface area (Å²) in [5.74, 6) is 2.29. The van der Waals surface area contributed by atoms with Crippen molar-refractivity contribution in [1.29, 1.82) is 0 Å². The van der Waals surface area contributed by atoms with Gasteiger partial charge in [-0.15, -0.1) is 0 Å². The van der Waals surface area contributed by atoms with Gasteiger partial charge in [-0.2, -0.15) is 0 Å². The zero-order valence-electron chi connectivity index (χ0n) is 15.6. The van der Waals surface area contributed by atoms with Crippen LogP contribution >= 0.6 is 0 Å². The molecule has 0 aliphatic heterocycles. The molecule has 0 fully saturated rings. The zero-order valence-corrected chi connectivity index (χ0v) is 15.6. The van der Waals surface area contributed by atoms with Crippen LogP contribution in [0.2, 0.25) is 0 Å². The van der Waals surface area contributed by atoms with Gasteiger partial charge in [0.25, 0.3) is 0 Å². The van der Waals surface area contributed by atoms with Crippen LogP contribution in [0.15, 0.2) is 41.4 Å². The number of rotatable bonds is 6. The molecule has 25 heavy (non-hydrogen) atoms. The molecule has 0 atom stereocenters. The Labute approximate surface area is 149 Å². The monoisotopic (exact) mass is 341 g/mol. The van der Waals surface area contributed by atoms with Crippen LogP contribution in [-0.4, -0.2) is 22.6 Å². The number of hydrogen-bond acceptors (Lipinski definition) is 4. The lowest BCUT2D eigenvalue weighted by atomic mass is 10.0. The van der Waals surface area contributed by atoms with Gasteiger partial charge in [0.05, 0.1) is 5.56 Å². The van der Waals surface area contributed by atoms with Gasteiger partial charge in [0.15, 0.2) is 5.84 Å². The van der Waals surface area contributed by atoms with Crippen LogP contribution in [0, 0.1) is 12.8 Å². The van der Waals surface area contributed by atoms with E-state index in [2.05, 4.69) is 49.2 Å². The number of nitrogens with one attached hydrogen (secondary N) is 1. The third kappa shape index (κ3) is 5.29. The predicted octanol–water partition coefficient (Wildman–Crippen LogP) is 4.69. The Morgan fingerprint density at radius 2 is 1.96 bits per heavy atom. The van der Waals surface area contributed by atoms with Crippen LogP contribution < -0.4 is 10.2 Å². The first-order chi connectivity index (χ1) is 11.9. The Bertz CT molecular complexity index is 739. The summed E-state index contributed by atoms with van der Waals surface area (Å²) < 4.78 is 6.03. The predicted molar refractivity (Wildman–Crippen MR) is 101 cm³/mol. The van der Waals surface area contributed by atoms with Crippen molar-refractivity contribution in [2.24, 2.45) is 10.9 Å². The lowest BCUT2D eigenvalue weighted by molar-refractivity contribution is 0.234. The van der Waals surface area contributed by atoms with Crippen LogP contribution in [0.5, 0.6) is 11.6 Å². The molecule has 1 aromatic carbocycles. The number of aromatic nitrogens is 1. The Hall–Kier alpha value is -2.40. The highest BCUT2D eigenvalue weighted by Gasteiger charge is 2.14. The van der Waals surface area contributed by atoms with Gasteiger partial charge >= 0.3 is 0 Å². The van der Waals surface area contributed by atoms with E-state index in [4.69, 9.17) is 4.74 Å². The summed E-state index contributed by atoms with van der Waals surface area (Å²) in [6.07, 6.45) is 0. The average molecular weight is 341 g/mol. The molecule has 0 aliphatic carbocycles. The van der Waals surface area contributed by atoms with Gasteiger partial charge in [0.2, 0.25) is 5.88 Å². The van der Waals surface area contributed by atoms with Crippen molar-refractivity contribution in [3.05, 3.63) is 53.2 Å². The van der Waals surface area contributed by atoms with E-state index in [0.717, 1.165) is 5.69 Å². The summed E-state index contributed by atoms with van der Waals surface area (Å²) in [5.41, 5.74) is 4.84. The second-order valence-electron chi connectivity index (χ2n) is 6.83. The minimum atomic E-state index is 0.358. The number of aliphatic imine (C=N–C) groups is 1. The second kappa shape index (κ2) is 8.62. The second-order valence-corrected chi connectivity index (χ2v) is 6.83. The fourth-order valence-electron chi connectivity index (χ4n) is 2.29. The van der Waals surface area contributed by atoms with Crippen LogP contribution in [0.25, 0.3) is 0 Å². The molecule has 134 valence electrons. The molecule has 1 heterocycles. The van der Waals surface area contributed by atoms with Crippen molar-refractivity contribution < 1.29 is 9.94 Å². The zero-order chi connectivity index (χ0) is 18.4. The third-order valence-electron chi connectivity index (χ3n) is 3.71. The number of nitrogens with zero attached hydrogens (tertiary/aromatic N) is 2. The molecule has 0 aliphatic rings. The fourth-order valence-corrected chi connectivity index (χ4v) is 2.29. The van der Waals surface area contributed by atoms with E-state index in [1.54, 1.807) is 0 Å². The Balaban J connectivity index is 2.38. The molecule has 2 aromatic rings.